The molecule has 12 heavy (non-hydrogen) atoms. The first-order chi connectivity index (χ1) is 5.46. The summed E-state index contributed by atoms with van der Waals surface area (Å²) in [5.74, 6) is -5.55. The van der Waals surface area contributed by atoms with Gasteiger partial charge in [-0.1, -0.05) is 12.2 Å². The molecule has 0 aromatic rings. The molecule has 0 aliphatic heterocycles. The zero-order chi connectivity index (χ0) is 8.78. The van der Waals surface area contributed by atoms with Crippen molar-refractivity contribution in [2.45, 2.75) is 23.7 Å². The molecule has 3 aliphatic carbocycles. The monoisotopic (exact) mass is 178 g/mol. The Hall–Kier alpha value is -0.540. The van der Waals surface area contributed by atoms with Crippen LogP contribution in [0.25, 0.3) is 0 Å². The second kappa shape index (κ2) is 1.34. The van der Waals surface area contributed by atoms with Crippen molar-refractivity contribution in [1.82, 2.24) is 0 Å². The van der Waals surface area contributed by atoms with Crippen LogP contribution in [0.15, 0.2) is 12.2 Å². The first-order valence-corrected chi connectivity index (χ1v) is 3.90. The molecule has 4 atom stereocenters. The largest absolute Gasteiger partial charge is 0.322 e. The van der Waals surface area contributed by atoms with Crippen LogP contribution in [-0.4, -0.2) is 17.3 Å². The molecule has 66 valence electrons. The van der Waals surface area contributed by atoms with Gasteiger partial charge in [0.25, 0.3) is 0 Å². The third-order valence-corrected chi connectivity index (χ3v) is 3.49. The predicted molar refractivity (Wildman–Crippen MR) is 33.4 cm³/mol. The minimum Gasteiger partial charge on any atom is -0.233 e. The van der Waals surface area contributed by atoms with Gasteiger partial charge in [-0.15, -0.1) is 0 Å². The highest BCUT2D eigenvalue weighted by Gasteiger charge is 3.02. The zero-order valence-electron chi connectivity index (χ0n) is 6.03. The van der Waals surface area contributed by atoms with Crippen LogP contribution in [0.4, 0.5) is 17.6 Å². The summed E-state index contributed by atoms with van der Waals surface area (Å²) in [5.41, 5.74) is -5.75. The van der Waals surface area contributed by atoms with E-state index in [1.807, 2.05) is 0 Å². The van der Waals surface area contributed by atoms with E-state index in [9.17, 15) is 17.6 Å². The Balaban J connectivity index is 2.19. The Morgan fingerprint density at radius 3 is 1.67 bits per heavy atom. The van der Waals surface area contributed by atoms with Gasteiger partial charge in [-0.3, -0.25) is 0 Å². The van der Waals surface area contributed by atoms with Crippen LogP contribution < -0.4 is 0 Å². The Morgan fingerprint density at radius 2 is 1.33 bits per heavy atom. The molecular formula is C8H6F4. The SMILES string of the molecule is FC1(F)[C@]2(F)[C@H]3C=C[C@H](C3)[C@]12F. The molecule has 0 saturated heterocycles. The number of hydrogen-bond acceptors (Lipinski definition) is 0. The number of fused-ring (bicyclic) bond motifs is 5. The summed E-state index contributed by atoms with van der Waals surface area (Å²) >= 11 is 0. The summed E-state index contributed by atoms with van der Waals surface area (Å²) in [6.07, 6.45) is 2.97. The number of hydrogen-bond donors (Lipinski definition) is 0. The van der Waals surface area contributed by atoms with Crippen molar-refractivity contribution >= 4 is 0 Å². The molecule has 0 N–H and O–H groups in total. The van der Waals surface area contributed by atoms with Crippen LogP contribution in [0.2, 0.25) is 0 Å². The standard InChI is InChI=1S/C8H6F4/c9-6-4-1-2-5(3-4)7(6,10)8(6,11)12/h1-2,4-5H,3H2/t4-,5+,6-,7+. The molecule has 0 radical (unpaired) electrons. The number of allylic oxidation sites excluding steroid dienone is 2. The third kappa shape index (κ3) is 0.328. The Bertz CT molecular complexity index is 271. The van der Waals surface area contributed by atoms with Crippen molar-refractivity contribution < 1.29 is 17.6 Å². The van der Waals surface area contributed by atoms with Crippen molar-refractivity contribution in [1.29, 1.82) is 0 Å². The van der Waals surface area contributed by atoms with E-state index < -0.39 is 29.1 Å². The van der Waals surface area contributed by atoms with E-state index in [1.165, 1.54) is 12.2 Å². The van der Waals surface area contributed by atoms with Crippen LogP contribution >= 0.6 is 0 Å². The van der Waals surface area contributed by atoms with Crippen molar-refractivity contribution in [3.8, 4) is 0 Å². The lowest BCUT2D eigenvalue weighted by Crippen LogP contribution is -2.21. The van der Waals surface area contributed by atoms with Crippen LogP contribution in [0.3, 0.4) is 0 Å². The molecule has 3 rings (SSSR count). The van der Waals surface area contributed by atoms with Gasteiger partial charge in [-0.2, -0.15) is 8.78 Å². The van der Waals surface area contributed by atoms with Crippen LogP contribution in [-0.2, 0) is 0 Å². The topological polar surface area (TPSA) is 0 Å². The average molecular weight is 178 g/mol. The summed E-state index contributed by atoms with van der Waals surface area (Å²) in [4.78, 5) is 0. The maximum absolute atomic E-state index is 13.4. The van der Waals surface area contributed by atoms with Gasteiger partial charge in [0.2, 0.25) is 11.3 Å². The first-order valence-electron chi connectivity index (χ1n) is 3.90. The van der Waals surface area contributed by atoms with E-state index in [0.29, 0.717) is 0 Å². The van der Waals surface area contributed by atoms with E-state index in [1.54, 1.807) is 0 Å². The molecule has 3 aliphatic rings. The predicted octanol–water partition coefficient (Wildman–Crippen LogP) is 2.26. The van der Waals surface area contributed by atoms with Gasteiger partial charge >= 0.3 is 5.92 Å². The Labute approximate surface area is 66.2 Å². The van der Waals surface area contributed by atoms with E-state index in [2.05, 4.69) is 0 Å². The van der Waals surface area contributed by atoms with E-state index in [4.69, 9.17) is 0 Å². The van der Waals surface area contributed by atoms with Gasteiger partial charge in [0, 0.05) is 11.8 Å². The summed E-state index contributed by atoms with van der Waals surface area (Å²) in [7, 11) is 0. The lowest BCUT2D eigenvalue weighted by molar-refractivity contribution is -0.00458. The second-order valence-electron chi connectivity index (χ2n) is 3.83. The Kier molecular flexibility index (Phi) is 0.771. The fourth-order valence-corrected chi connectivity index (χ4v) is 2.76. The smallest absolute Gasteiger partial charge is 0.233 e. The van der Waals surface area contributed by atoms with E-state index in [-0.39, 0.29) is 6.42 Å². The van der Waals surface area contributed by atoms with Gasteiger partial charge in [-0.25, -0.2) is 8.78 Å². The highest BCUT2D eigenvalue weighted by molar-refractivity contribution is 5.48. The third-order valence-electron chi connectivity index (χ3n) is 3.49. The second-order valence-corrected chi connectivity index (χ2v) is 3.83. The maximum atomic E-state index is 13.4. The van der Waals surface area contributed by atoms with Gasteiger partial charge in [0.15, 0.2) is 0 Å². The molecule has 0 spiro atoms. The van der Waals surface area contributed by atoms with Gasteiger partial charge in [0.1, 0.15) is 0 Å². The molecule has 2 saturated carbocycles. The molecular weight excluding hydrogens is 172 g/mol. The quantitative estimate of drug-likeness (QED) is 0.394. The summed E-state index contributed by atoms with van der Waals surface area (Å²) in [6, 6.07) is 0. The highest BCUT2D eigenvalue weighted by atomic mass is 19.3. The normalized spacial score (nSPS) is 63.7. The zero-order valence-corrected chi connectivity index (χ0v) is 6.03. The van der Waals surface area contributed by atoms with Gasteiger partial charge in [0.05, 0.1) is 0 Å². The molecule has 0 nitrogen and oxygen atoms in total. The molecule has 2 bridgehead atoms. The number of alkyl halides is 4. The highest BCUT2D eigenvalue weighted by Crippen LogP contribution is 2.80. The molecule has 0 unspecified atom stereocenters. The number of halogens is 4. The van der Waals surface area contributed by atoms with Crippen LogP contribution in [0, 0.1) is 11.8 Å². The fourth-order valence-electron chi connectivity index (χ4n) is 2.76. The van der Waals surface area contributed by atoms with Crippen molar-refractivity contribution in [3.05, 3.63) is 12.2 Å². The number of rotatable bonds is 0. The first kappa shape index (κ1) is 6.92. The molecule has 0 amide bonds. The maximum Gasteiger partial charge on any atom is 0.322 e. The minimum absolute atomic E-state index is 0.211. The van der Waals surface area contributed by atoms with Crippen molar-refractivity contribution in [3.63, 3.8) is 0 Å². The molecule has 0 heterocycles. The molecule has 0 aromatic carbocycles. The minimum atomic E-state index is -3.75. The molecule has 0 aromatic heterocycles. The summed E-state index contributed by atoms with van der Waals surface area (Å²) in [6.45, 7) is 0. The average Bonchev–Trinajstić information content (AvgIpc) is 2.49. The van der Waals surface area contributed by atoms with E-state index >= 15 is 0 Å². The van der Waals surface area contributed by atoms with Crippen molar-refractivity contribution in [2.24, 2.45) is 11.8 Å². The van der Waals surface area contributed by atoms with Gasteiger partial charge < -0.3 is 0 Å². The van der Waals surface area contributed by atoms with Crippen molar-refractivity contribution in [2.75, 3.05) is 0 Å². The van der Waals surface area contributed by atoms with E-state index in [0.717, 1.165) is 0 Å². The van der Waals surface area contributed by atoms with Gasteiger partial charge in [-0.05, 0) is 6.42 Å². The van der Waals surface area contributed by atoms with Crippen LogP contribution in [0.1, 0.15) is 6.42 Å². The Morgan fingerprint density at radius 1 is 0.917 bits per heavy atom. The lowest BCUT2D eigenvalue weighted by Gasteiger charge is -2.09. The molecule has 4 heteroatoms. The lowest BCUT2D eigenvalue weighted by atomic mass is 10.0. The summed E-state index contributed by atoms with van der Waals surface area (Å²) in [5, 5.41) is 0. The van der Waals surface area contributed by atoms with Crippen LogP contribution in [0.5, 0.6) is 0 Å². The fraction of sp³-hybridized carbons (Fsp3) is 0.750. The molecule has 2 fully saturated rings. The summed E-state index contributed by atoms with van der Waals surface area (Å²) < 4.78 is 52.3.